The van der Waals surface area contributed by atoms with Crippen LogP contribution >= 0.6 is 34.3 Å². The van der Waals surface area contributed by atoms with E-state index in [1.807, 2.05) is 76.1 Å². The summed E-state index contributed by atoms with van der Waals surface area (Å²) in [6, 6.07) is 15.2. The van der Waals surface area contributed by atoms with Crippen molar-refractivity contribution in [3.05, 3.63) is 82.4 Å². The number of hydrogen-bond donors (Lipinski definition) is 1. The summed E-state index contributed by atoms with van der Waals surface area (Å²) in [7, 11) is 0. The Balaban J connectivity index is 1.23. The van der Waals surface area contributed by atoms with Crippen LogP contribution in [0.1, 0.15) is 5.69 Å². The van der Waals surface area contributed by atoms with Crippen LogP contribution in [0.2, 0.25) is 5.02 Å². The number of nitrogens with zero attached hydrogens (tertiary/aromatic N) is 3. The number of benzene rings is 2. The van der Waals surface area contributed by atoms with Crippen LogP contribution in [0.3, 0.4) is 0 Å². The van der Waals surface area contributed by atoms with Crippen LogP contribution < -0.4 is 5.32 Å². The maximum absolute atomic E-state index is 12.4. The molecule has 0 aliphatic heterocycles. The molecule has 0 unspecified atom stereocenters. The van der Waals surface area contributed by atoms with Crippen molar-refractivity contribution >= 4 is 50.8 Å². The fourth-order valence-electron chi connectivity index (χ4n) is 3.07. The van der Waals surface area contributed by atoms with Gasteiger partial charge in [-0.3, -0.25) is 9.20 Å². The summed E-state index contributed by atoms with van der Waals surface area (Å²) in [4.78, 5) is 22.6. The first-order chi connectivity index (χ1) is 14.6. The van der Waals surface area contributed by atoms with E-state index in [2.05, 4.69) is 15.3 Å². The lowest BCUT2D eigenvalue weighted by Gasteiger charge is -2.05. The van der Waals surface area contributed by atoms with E-state index in [0.29, 0.717) is 5.02 Å². The highest BCUT2D eigenvalue weighted by molar-refractivity contribution is 7.15. The number of carbonyl (C=O) groups excluding carboxylic acids is 1. The Morgan fingerprint density at radius 3 is 2.53 bits per heavy atom. The Morgan fingerprint density at radius 2 is 1.77 bits per heavy atom. The first-order valence-corrected chi connectivity index (χ1v) is 11.3. The number of aromatic nitrogens is 3. The van der Waals surface area contributed by atoms with E-state index in [4.69, 9.17) is 11.6 Å². The second kappa shape index (κ2) is 8.02. The van der Waals surface area contributed by atoms with Crippen molar-refractivity contribution in [2.75, 3.05) is 5.32 Å². The maximum atomic E-state index is 12.4. The molecule has 0 saturated heterocycles. The van der Waals surface area contributed by atoms with Gasteiger partial charge in [0.2, 0.25) is 5.91 Å². The van der Waals surface area contributed by atoms with E-state index < -0.39 is 0 Å². The summed E-state index contributed by atoms with van der Waals surface area (Å²) >= 11 is 9.05. The third-order valence-electron chi connectivity index (χ3n) is 4.54. The zero-order chi connectivity index (χ0) is 20.5. The fourth-order valence-corrected chi connectivity index (χ4v) is 4.73. The molecule has 0 aliphatic rings. The number of anilines is 1. The van der Waals surface area contributed by atoms with Crippen molar-refractivity contribution < 1.29 is 4.79 Å². The topological polar surface area (TPSA) is 59.3 Å². The standard InChI is InChI=1S/C22H15ClN4OS2/c23-16-5-1-15(2-6-16)21-25-18(13-30-21)11-20(28)24-17-7-3-14(4-8-17)19-12-27-9-10-29-22(27)26-19/h1-10,12-13H,11H2,(H,24,28). The molecule has 5 rings (SSSR count). The van der Waals surface area contributed by atoms with Gasteiger partial charge in [-0.25, -0.2) is 9.97 Å². The molecule has 5 aromatic rings. The molecule has 3 aromatic heterocycles. The molecule has 0 fully saturated rings. The molecule has 0 atom stereocenters. The lowest BCUT2D eigenvalue weighted by Crippen LogP contribution is -2.14. The van der Waals surface area contributed by atoms with Gasteiger partial charge in [0.25, 0.3) is 0 Å². The summed E-state index contributed by atoms with van der Waals surface area (Å²) in [5.41, 5.74) is 4.41. The molecule has 1 amide bonds. The molecule has 0 spiro atoms. The Bertz CT molecular complexity index is 1290. The number of nitrogens with one attached hydrogen (secondary N) is 1. The number of carbonyl (C=O) groups is 1. The van der Waals surface area contributed by atoms with Gasteiger partial charge >= 0.3 is 0 Å². The van der Waals surface area contributed by atoms with E-state index in [9.17, 15) is 4.79 Å². The largest absolute Gasteiger partial charge is 0.326 e. The van der Waals surface area contributed by atoms with Crippen LogP contribution in [-0.2, 0) is 11.2 Å². The van der Waals surface area contributed by atoms with E-state index in [1.54, 1.807) is 11.3 Å². The Hall–Kier alpha value is -3.00. The minimum atomic E-state index is -0.0989. The third kappa shape index (κ3) is 4.00. The number of thiazole rings is 2. The van der Waals surface area contributed by atoms with Crippen molar-refractivity contribution in [3.63, 3.8) is 0 Å². The zero-order valence-electron chi connectivity index (χ0n) is 15.6. The number of halogens is 1. The monoisotopic (exact) mass is 450 g/mol. The summed E-state index contributed by atoms with van der Waals surface area (Å²) in [5, 5.41) is 8.41. The predicted molar refractivity (Wildman–Crippen MR) is 123 cm³/mol. The van der Waals surface area contributed by atoms with Gasteiger partial charge in [-0.2, -0.15) is 0 Å². The lowest BCUT2D eigenvalue weighted by molar-refractivity contribution is -0.115. The molecule has 0 saturated carbocycles. The summed E-state index contributed by atoms with van der Waals surface area (Å²) in [6.07, 6.45) is 4.21. The summed E-state index contributed by atoms with van der Waals surface area (Å²) in [5.74, 6) is -0.0989. The number of amides is 1. The second-order valence-corrected chi connectivity index (χ2v) is 8.84. The highest BCUT2D eigenvalue weighted by Crippen LogP contribution is 2.26. The Labute approximate surface area is 185 Å². The molecule has 0 aliphatic carbocycles. The van der Waals surface area contributed by atoms with E-state index in [-0.39, 0.29) is 12.3 Å². The van der Waals surface area contributed by atoms with Crippen molar-refractivity contribution in [3.8, 4) is 21.8 Å². The second-order valence-electron chi connectivity index (χ2n) is 6.67. The molecular weight excluding hydrogens is 436 g/mol. The van der Waals surface area contributed by atoms with Crippen molar-refractivity contribution in [1.29, 1.82) is 0 Å². The fraction of sp³-hybridized carbons (Fsp3) is 0.0455. The molecular formula is C22H15ClN4OS2. The molecule has 0 bridgehead atoms. The van der Waals surface area contributed by atoms with Crippen LogP contribution in [0.15, 0.2) is 71.7 Å². The zero-order valence-corrected chi connectivity index (χ0v) is 18.0. The average Bonchev–Trinajstić information content (AvgIpc) is 3.45. The summed E-state index contributed by atoms with van der Waals surface area (Å²) < 4.78 is 2.00. The molecule has 30 heavy (non-hydrogen) atoms. The molecule has 148 valence electrons. The van der Waals surface area contributed by atoms with E-state index in [0.717, 1.165) is 38.2 Å². The number of hydrogen-bond acceptors (Lipinski definition) is 5. The minimum absolute atomic E-state index is 0.0989. The summed E-state index contributed by atoms with van der Waals surface area (Å²) in [6.45, 7) is 0. The first kappa shape index (κ1) is 19.0. The SMILES string of the molecule is O=C(Cc1csc(-c2ccc(Cl)cc2)n1)Nc1ccc(-c2cn3ccsc3n2)cc1. The number of rotatable bonds is 5. The van der Waals surface area contributed by atoms with Crippen LogP contribution in [0, 0.1) is 0 Å². The van der Waals surface area contributed by atoms with Crippen LogP contribution in [0.5, 0.6) is 0 Å². The smallest absolute Gasteiger partial charge is 0.230 e. The minimum Gasteiger partial charge on any atom is -0.326 e. The molecule has 8 heteroatoms. The van der Waals surface area contributed by atoms with Crippen molar-refractivity contribution in [2.24, 2.45) is 0 Å². The molecule has 3 heterocycles. The van der Waals surface area contributed by atoms with Crippen LogP contribution in [-0.4, -0.2) is 20.3 Å². The van der Waals surface area contributed by atoms with Gasteiger partial charge in [0, 0.05) is 45.0 Å². The van der Waals surface area contributed by atoms with Crippen molar-refractivity contribution in [1.82, 2.24) is 14.4 Å². The normalized spacial score (nSPS) is 11.1. The average molecular weight is 451 g/mol. The predicted octanol–water partition coefficient (Wildman–Crippen LogP) is 6.02. The van der Waals surface area contributed by atoms with Gasteiger partial charge < -0.3 is 5.32 Å². The molecule has 5 nitrogen and oxygen atoms in total. The van der Waals surface area contributed by atoms with Gasteiger partial charge in [-0.1, -0.05) is 35.9 Å². The number of imidazole rings is 1. The molecule has 0 radical (unpaired) electrons. The Morgan fingerprint density at radius 1 is 1.00 bits per heavy atom. The van der Waals surface area contributed by atoms with Crippen LogP contribution in [0.25, 0.3) is 26.8 Å². The lowest BCUT2D eigenvalue weighted by atomic mass is 10.1. The van der Waals surface area contributed by atoms with Gasteiger partial charge in [0.15, 0.2) is 4.96 Å². The Kier molecular flexibility index (Phi) is 5.08. The highest BCUT2D eigenvalue weighted by atomic mass is 35.5. The van der Waals surface area contributed by atoms with Gasteiger partial charge in [0.05, 0.1) is 17.8 Å². The van der Waals surface area contributed by atoms with Gasteiger partial charge in [0.1, 0.15) is 5.01 Å². The molecule has 1 N–H and O–H groups in total. The highest BCUT2D eigenvalue weighted by Gasteiger charge is 2.10. The van der Waals surface area contributed by atoms with Gasteiger partial charge in [-0.05, 0) is 24.3 Å². The maximum Gasteiger partial charge on any atom is 0.230 e. The quantitative estimate of drug-likeness (QED) is 0.356. The third-order valence-corrected chi connectivity index (χ3v) is 6.51. The van der Waals surface area contributed by atoms with Crippen LogP contribution in [0.4, 0.5) is 5.69 Å². The number of fused-ring (bicyclic) bond motifs is 1. The van der Waals surface area contributed by atoms with E-state index in [1.165, 1.54) is 11.3 Å². The van der Waals surface area contributed by atoms with Crippen molar-refractivity contribution in [2.45, 2.75) is 6.42 Å². The first-order valence-electron chi connectivity index (χ1n) is 9.17. The molecule has 2 aromatic carbocycles. The van der Waals surface area contributed by atoms with Gasteiger partial charge in [-0.15, -0.1) is 22.7 Å². The van der Waals surface area contributed by atoms with E-state index >= 15 is 0 Å².